The first-order valence-electron chi connectivity index (χ1n) is 19.2. The highest BCUT2D eigenvalue weighted by Crippen LogP contribution is 2.16. The molecule has 0 heterocycles. The molecular weight excluding hydrogens is 518 g/mol. The molecule has 0 aromatic rings. The number of carbonyl (C=O) groups excluding carboxylic acids is 1. The van der Waals surface area contributed by atoms with E-state index in [-0.39, 0.29) is 6.10 Å². The van der Waals surface area contributed by atoms with Crippen molar-refractivity contribution in [1.29, 1.82) is 0 Å². The third-order valence-electron chi connectivity index (χ3n) is 8.89. The van der Waals surface area contributed by atoms with Gasteiger partial charge in [0.15, 0.2) is 0 Å². The summed E-state index contributed by atoms with van der Waals surface area (Å²) < 4.78 is 11.2. The van der Waals surface area contributed by atoms with Crippen LogP contribution in [0.3, 0.4) is 0 Å². The van der Waals surface area contributed by atoms with Crippen LogP contribution in [0.25, 0.3) is 0 Å². The van der Waals surface area contributed by atoms with Crippen LogP contribution >= 0.6 is 0 Å². The summed E-state index contributed by atoms with van der Waals surface area (Å²) >= 11 is 0. The highest BCUT2D eigenvalue weighted by molar-refractivity contribution is 5.64. The van der Waals surface area contributed by atoms with E-state index in [0.29, 0.717) is 6.61 Å². The van der Waals surface area contributed by atoms with Gasteiger partial charge in [-0.1, -0.05) is 206 Å². The SMILES string of the molecule is CCCCCCCCCCCCCCCCCCC(COC(N)=O)OCCCCCCCCCCCCCCCCC. The smallest absolute Gasteiger partial charge is 0.404 e. The van der Waals surface area contributed by atoms with E-state index in [1.54, 1.807) is 0 Å². The minimum atomic E-state index is -0.692. The zero-order chi connectivity index (χ0) is 30.6. The molecule has 42 heavy (non-hydrogen) atoms. The third kappa shape index (κ3) is 35.4. The predicted octanol–water partition coefficient (Wildman–Crippen LogP) is 13.0. The molecule has 0 radical (unpaired) electrons. The van der Waals surface area contributed by atoms with Gasteiger partial charge in [0.1, 0.15) is 6.61 Å². The van der Waals surface area contributed by atoms with Crippen molar-refractivity contribution in [2.75, 3.05) is 13.2 Å². The molecular formula is C38H77NO3. The summed E-state index contributed by atoms with van der Waals surface area (Å²) in [6, 6.07) is 0. The lowest BCUT2D eigenvalue weighted by Crippen LogP contribution is -2.25. The van der Waals surface area contributed by atoms with Gasteiger partial charge in [-0.3, -0.25) is 0 Å². The maximum Gasteiger partial charge on any atom is 0.404 e. The molecule has 4 nitrogen and oxygen atoms in total. The van der Waals surface area contributed by atoms with Gasteiger partial charge in [-0.25, -0.2) is 4.79 Å². The average Bonchev–Trinajstić information content (AvgIpc) is 2.98. The number of ether oxygens (including phenoxy) is 2. The molecule has 4 heteroatoms. The number of hydrogen-bond donors (Lipinski definition) is 1. The summed E-state index contributed by atoms with van der Waals surface area (Å²) in [6.45, 7) is 5.64. The van der Waals surface area contributed by atoms with Gasteiger partial charge in [0, 0.05) is 6.61 Å². The second kappa shape index (κ2) is 36.4. The summed E-state index contributed by atoms with van der Waals surface area (Å²) in [5.41, 5.74) is 5.20. The van der Waals surface area contributed by atoms with Crippen LogP contribution in [-0.4, -0.2) is 25.4 Å². The van der Waals surface area contributed by atoms with Gasteiger partial charge in [0.2, 0.25) is 0 Å². The standard InChI is InChI=1S/C38H77NO3/c1-3-5-7-9-11-13-15-17-19-20-22-24-26-28-30-32-34-37(36-42-38(39)40)41-35-33-31-29-27-25-23-21-18-16-14-12-10-8-6-4-2/h37H,3-36H2,1-2H3,(H2,39,40). The Bertz CT molecular complexity index is 477. The zero-order valence-corrected chi connectivity index (χ0v) is 28.9. The molecule has 0 bridgehead atoms. The van der Waals surface area contributed by atoms with Gasteiger partial charge in [0.05, 0.1) is 6.10 Å². The van der Waals surface area contributed by atoms with E-state index in [1.165, 1.54) is 186 Å². The molecule has 1 atom stereocenters. The molecule has 0 fully saturated rings. The van der Waals surface area contributed by atoms with Gasteiger partial charge in [0.25, 0.3) is 0 Å². The van der Waals surface area contributed by atoms with E-state index in [4.69, 9.17) is 15.2 Å². The minimum absolute atomic E-state index is 0.00390. The Morgan fingerprint density at radius 1 is 0.452 bits per heavy atom. The molecule has 0 aliphatic heterocycles. The van der Waals surface area contributed by atoms with E-state index in [1.807, 2.05) is 0 Å². The maximum atomic E-state index is 11.1. The number of unbranched alkanes of at least 4 members (excludes halogenated alkanes) is 29. The summed E-state index contributed by atoms with van der Waals surface area (Å²) in [5, 5.41) is 0. The van der Waals surface area contributed by atoms with E-state index in [9.17, 15) is 4.79 Å². The van der Waals surface area contributed by atoms with Gasteiger partial charge in [-0.05, 0) is 12.8 Å². The molecule has 0 aromatic heterocycles. The number of hydrogen-bond acceptors (Lipinski definition) is 3. The second-order valence-electron chi connectivity index (χ2n) is 13.2. The lowest BCUT2D eigenvalue weighted by Gasteiger charge is -2.17. The fourth-order valence-corrected chi connectivity index (χ4v) is 6.03. The lowest BCUT2D eigenvalue weighted by molar-refractivity contribution is -0.000400. The normalized spacial score (nSPS) is 12.1. The molecule has 0 aliphatic carbocycles. The van der Waals surface area contributed by atoms with E-state index in [2.05, 4.69) is 13.8 Å². The van der Waals surface area contributed by atoms with Gasteiger partial charge >= 0.3 is 6.09 Å². The van der Waals surface area contributed by atoms with Crippen LogP contribution in [0, 0.1) is 0 Å². The first kappa shape index (κ1) is 41.2. The summed E-state index contributed by atoms with van der Waals surface area (Å²) in [6.07, 6.45) is 42.9. The van der Waals surface area contributed by atoms with Gasteiger partial charge < -0.3 is 15.2 Å². The second-order valence-corrected chi connectivity index (χ2v) is 13.2. The fourth-order valence-electron chi connectivity index (χ4n) is 6.03. The summed E-state index contributed by atoms with van der Waals surface area (Å²) in [4.78, 5) is 11.1. The Balaban J connectivity index is 3.54. The predicted molar refractivity (Wildman–Crippen MR) is 184 cm³/mol. The molecule has 0 aliphatic rings. The quantitative estimate of drug-likeness (QED) is 0.0733. The summed E-state index contributed by atoms with van der Waals surface area (Å²) in [7, 11) is 0. The van der Waals surface area contributed by atoms with Crippen LogP contribution < -0.4 is 5.73 Å². The van der Waals surface area contributed by atoms with Gasteiger partial charge in [-0.2, -0.15) is 0 Å². The van der Waals surface area contributed by atoms with Crippen LogP contribution in [-0.2, 0) is 9.47 Å². The fraction of sp³-hybridized carbons (Fsp3) is 0.974. The Morgan fingerprint density at radius 2 is 0.738 bits per heavy atom. The van der Waals surface area contributed by atoms with Crippen molar-refractivity contribution in [1.82, 2.24) is 0 Å². The van der Waals surface area contributed by atoms with E-state index < -0.39 is 6.09 Å². The molecule has 1 unspecified atom stereocenters. The Morgan fingerprint density at radius 3 is 1.05 bits per heavy atom. The number of rotatable bonds is 36. The number of primary amides is 1. The highest BCUT2D eigenvalue weighted by Gasteiger charge is 2.11. The van der Waals surface area contributed by atoms with E-state index in [0.717, 1.165) is 25.9 Å². The Hall–Kier alpha value is -0.770. The number of amides is 1. The summed E-state index contributed by atoms with van der Waals surface area (Å²) in [5.74, 6) is 0. The average molecular weight is 596 g/mol. The first-order chi connectivity index (χ1) is 20.7. The molecule has 1 amide bonds. The van der Waals surface area contributed by atoms with E-state index >= 15 is 0 Å². The van der Waals surface area contributed by atoms with Crippen molar-refractivity contribution in [3.8, 4) is 0 Å². The van der Waals surface area contributed by atoms with Gasteiger partial charge in [-0.15, -0.1) is 0 Å². The molecule has 0 saturated heterocycles. The van der Waals surface area contributed by atoms with Crippen molar-refractivity contribution in [3.63, 3.8) is 0 Å². The van der Waals surface area contributed by atoms with Crippen LogP contribution in [0.5, 0.6) is 0 Å². The van der Waals surface area contributed by atoms with Crippen LogP contribution in [0.4, 0.5) is 4.79 Å². The van der Waals surface area contributed by atoms with Crippen molar-refractivity contribution in [3.05, 3.63) is 0 Å². The van der Waals surface area contributed by atoms with Crippen molar-refractivity contribution in [2.45, 2.75) is 225 Å². The van der Waals surface area contributed by atoms with Crippen LogP contribution in [0.2, 0.25) is 0 Å². The molecule has 2 N–H and O–H groups in total. The highest BCUT2D eigenvalue weighted by atomic mass is 16.6. The molecule has 0 saturated carbocycles. The third-order valence-corrected chi connectivity index (χ3v) is 8.89. The molecule has 252 valence electrons. The first-order valence-corrected chi connectivity index (χ1v) is 19.2. The lowest BCUT2D eigenvalue weighted by atomic mass is 10.0. The topological polar surface area (TPSA) is 61.5 Å². The van der Waals surface area contributed by atoms with Crippen LogP contribution in [0.15, 0.2) is 0 Å². The zero-order valence-electron chi connectivity index (χ0n) is 28.9. The van der Waals surface area contributed by atoms with Crippen LogP contribution in [0.1, 0.15) is 219 Å². The van der Waals surface area contributed by atoms with Crippen molar-refractivity contribution < 1.29 is 14.3 Å². The monoisotopic (exact) mass is 596 g/mol. The molecule has 0 spiro atoms. The number of carbonyl (C=O) groups is 1. The maximum absolute atomic E-state index is 11.1. The molecule has 0 rings (SSSR count). The minimum Gasteiger partial charge on any atom is -0.447 e. The molecule has 0 aromatic carbocycles. The van der Waals surface area contributed by atoms with Crippen molar-refractivity contribution >= 4 is 6.09 Å². The number of nitrogens with two attached hydrogens (primary N) is 1. The van der Waals surface area contributed by atoms with Crippen molar-refractivity contribution in [2.24, 2.45) is 5.73 Å². The Kier molecular flexibility index (Phi) is 35.8. The Labute approximate surface area is 264 Å². The largest absolute Gasteiger partial charge is 0.447 e.